The Balaban J connectivity index is 1.85. The first-order valence-electron chi connectivity index (χ1n) is 7.20. The molecular weight excluding hydrogens is 308 g/mol. The van der Waals surface area contributed by atoms with E-state index in [2.05, 4.69) is 16.6 Å². The van der Waals surface area contributed by atoms with E-state index in [-0.39, 0.29) is 12.5 Å². The first-order valence-corrected chi connectivity index (χ1v) is 7.20. The van der Waals surface area contributed by atoms with E-state index in [4.69, 9.17) is 14.7 Å². The number of methoxy groups -OCH3 is 1. The van der Waals surface area contributed by atoms with Crippen LogP contribution in [0.5, 0.6) is 11.5 Å². The number of carbonyl (C=O) groups excluding carboxylic acids is 1. The molecule has 0 atom stereocenters. The number of hydrazone groups is 1. The third-order valence-corrected chi connectivity index (χ3v) is 3.51. The number of carbonyl (C=O) groups is 1. The zero-order valence-electron chi connectivity index (χ0n) is 13.7. The molecule has 0 saturated heterocycles. The van der Waals surface area contributed by atoms with Crippen molar-refractivity contribution in [3.8, 4) is 17.6 Å². The van der Waals surface area contributed by atoms with Gasteiger partial charge in [-0.2, -0.15) is 10.4 Å². The van der Waals surface area contributed by atoms with Crippen molar-refractivity contribution in [2.45, 2.75) is 6.92 Å². The molecule has 1 aromatic heterocycles. The number of aromatic nitrogens is 1. The summed E-state index contributed by atoms with van der Waals surface area (Å²) >= 11 is 0. The molecular formula is C17H18N4O3. The molecule has 1 aromatic carbocycles. The largest absolute Gasteiger partial charge is 0.497 e. The van der Waals surface area contributed by atoms with Crippen LogP contribution >= 0.6 is 0 Å². The summed E-state index contributed by atoms with van der Waals surface area (Å²) < 4.78 is 12.1. The van der Waals surface area contributed by atoms with Crippen molar-refractivity contribution in [3.05, 3.63) is 47.3 Å². The Kier molecular flexibility index (Phi) is 5.58. The number of nitriles is 1. The Hall–Kier alpha value is -3.27. The quantitative estimate of drug-likeness (QED) is 0.647. The van der Waals surface area contributed by atoms with Crippen molar-refractivity contribution < 1.29 is 14.3 Å². The van der Waals surface area contributed by atoms with Crippen LogP contribution in [0, 0.1) is 18.3 Å². The van der Waals surface area contributed by atoms with Gasteiger partial charge in [0.2, 0.25) is 0 Å². The first kappa shape index (κ1) is 17.1. The van der Waals surface area contributed by atoms with Crippen molar-refractivity contribution in [2.24, 2.45) is 12.1 Å². The minimum Gasteiger partial charge on any atom is -0.497 e. The Labute approximate surface area is 140 Å². The van der Waals surface area contributed by atoms with Crippen molar-refractivity contribution in [1.29, 1.82) is 5.26 Å². The molecule has 0 radical (unpaired) electrons. The highest BCUT2D eigenvalue weighted by molar-refractivity contribution is 5.84. The second-order valence-electron chi connectivity index (χ2n) is 5.00. The van der Waals surface area contributed by atoms with Crippen LogP contribution in [0.25, 0.3) is 0 Å². The SMILES string of the molecule is COc1ccc(OCC(=O)N/N=C/c2cc(C#N)n(C)c2C)cc1. The van der Waals surface area contributed by atoms with Crippen LogP contribution in [-0.4, -0.2) is 30.4 Å². The molecule has 0 bridgehead atoms. The summed E-state index contributed by atoms with van der Waals surface area (Å²) in [7, 11) is 3.38. The van der Waals surface area contributed by atoms with Crippen molar-refractivity contribution >= 4 is 12.1 Å². The molecule has 0 saturated carbocycles. The second-order valence-corrected chi connectivity index (χ2v) is 5.00. The van der Waals surface area contributed by atoms with Crippen LogP contribution in [0.2, 0.25) is 0 Å². The fourth-order valence-corrected chi connectivity index (χ4v) is 1.99. The molecule has 124 valence electrons. The van der Waals surface area contributed by atoms with Gasteiger partial charge in [-0.05, 0) is 37.3 Å². The molecule has 24 heavy (non-hydrogen) atoms. The second kappa shape index (κ2) is 7.83. The van der Waals surface area contributed by atoms with E-state index < -0.39 is 0 Å². The molecule has 2 aromatic rings. The van der Waals surface area contributed by atoms with Gasteiger partial charge in [0.25, 0.3) is 5.91 Å². The van der Waals surface area contributed by atoms with Gasteiger partial charge in [-0.3, -0.25) is 4.79 Å². The number of rotatable bonds is 6. The van der Waals surface area contributed by atoms with Crippen molar-refractivity contribution in [2.75, 3.05) is 13.7 Å². The summed E-state index contributed by atoms with van der Waals surface area (Å²) in [5.74, 6) is 0.898. The minimum absolute atomic E-state index is 0.152. The number of benzene rings is 1. The summed E-state index contributed by atoms with van der Waals surface area (Å²) in [5, 5.41) is 12.9. The molecule has 7 heteroatoms. The maximum absolute atomic E-state index is 11.7. The summed E-state index contributed by atoms with van der Waals surface area (Å²) in [5.41, 5.74) is 4.57. The molecule has 1 heterocycles. The third-order valence-electron chi connectivity index (χ3n) is 3.51. The molecule has 0 fully saturated rings. The van der Waals surface area contributed by atoms with Gasteiger partial charge in [-0.25, -0.2) is 5.43 Å². The predicted molar refractivity (Wildman–Crippen MR) is 89.1 cm³/mol. The van der Waals surface area contributed by atoms with E-state index in [1.807, 2.05) is 6.92 Å². The summed E-state index contributed by atoms with van der Waals surface area (Å²) in [6.45, 7) is 1.72. The number of nitrogens with one attached hydrogen (secondary N) is 1. The molecule has 0 aliphatic heterocycles. The van der Waals surface area contributed by atoms with Crippen LogP contribution in [0.1, 0.15) is 17.0 Å². The molecule has 0 aliphatic carbocycles. The number of hydrogen-bond acceptors (Lipinski definition) is 5. The third kappa shape index (κ3) is 4.14. The normalized spacial score (nSPS) is 10.4. The lowest BCUT2D eigenvalue weighted by molar-refractivity contribution is -0.123. The number of amides is 1. The lowest BCUT2D eigenvalue weighted by atomic mass is 10.3. The molecule has 0 spiro atoms. The summed E-state index contributed by atoms with van der Waals surface area (Å²) in [6.07, 6.45) is 1.50. The van der Waals surface area contributed by atoms with Gasteiger partial charge in [0.05, 0.1) is 13.3 Å². The van der Waals surface area contributed by atoms with Gasteiger partial charge in [0.1, 0.15) is 23.3 Å². The fraction of sp³-hybridized carbons (Fsp3) is 0.235. The molecule has 0 unspecified atom stereocenters. The number of hydrogen-bond donors (Lipinski definition) is 1. The number of ether oxygens (including phenoxy) is 2. The van der Waals surface area contributed by atoms with Crippen LogP contribution in [0.3, 0.4) is 0 Å². The predicted octanol–water partition coefficient (Wildman–Crippen LogP) is 1.74. The van der Waals surface area contributed by atoms with Crippen LogP contribution in [-0.2, 0) is 11.8 Å². The Morgan fingerprint density at radius 3 is 2.62 bits per heavy atom. The van der Waals surface area contributed by atoms with Gasteiger partial charge in [0.15, 0.2) is 6.61 Å². The average Bonchev–Trinajstić information content (AvgIpc) is 2.88. The molecule has 1 amide bonds. The topological polar surface area (TPSA) is 88.6 Å². The standard InChI is InChI=1S/C17H18N4O3/c1-12-13(8-14(9-18)21(12)2)10-19-20-17(22)11-24-16-6-4-15(23-3)5-7-16/h4-8,10H,11H2,1-3H3,(H,20,22)/b19-10+. The average molecular weight is 326 g/mol. The zero-order valence-corrected chi connectivity index (χ0v) is 13.7. The van der Waals surface area contributed by atoms with E-state index >= 15 is 0 Å². The molecule has 7 nitrogen and oxygen atoms in total. The highest BCUT2D eigenvalue weighted by atomic mass is 16.5. The van der Waals surface area contributed by atoms with E-state index in [0.29, 0.717) is 17.2 Å². The minimum atomic E-state index is -0.379. The summed E-state index contributed by atoms with van der Waals surface area (Å²) in [6, 6.07) is 10.7. The van der Waals surface area contributed by atoms with E-state index in [9.17, 15) is 4.79 Å². The van der Waals surface area contributed by atoms with Gasteiger partial charge >= 0.3 is 0 Å². The molecule has 1 N–H and O–H groups in total. The maximum Gasteiger partial charge on any atom is 0.277 e. The van der Waals surface area contributed by atoms with E-state index in [1.54, 1.807) is 49.1 Å². The van der Waals surface area contributed by atoms with Gasteiger partial charge in [0, 0.05) is 18.3 Å². The van der Waals surface area contributed by atoms with Crippen LogP contribution in [0.15, 0.2) is 35.4 Å². The first-order chi connectivity index (χ1) is 11.5. The zero-order chi connectivity index (χ0) is 17.5. The Morgan fingerprint density at radius 2 is 2.04 bits per heavy atom. The summed E-state index contributed by atoms with van der Waals surface area (Å²) in [4.78, 5) is 11.7. The van der Waals surface area contributed by atoms with E-state index in [1.165, 1.54) is 6.21 Å². The van der Waals surface area contributed by atoms with Crippen molar-refractivity contribution in [1.82, 2.24) is 9.99 Å². The van der Waals surface area contributed by atoms with Gasteiger partial charge in [-0.1, -0.05) is 0 Å². The van der Waals surface area contributed by atoms with Gasteiger partial charge < -0.3 is 14.0 Å². The monoisotopic (exact) mass is 326 g/mol. The highest BCUT2D eigenvalue weighted by Crippen LogP contribution is 2.16. The molecule has 2 rings (SSSR count). The Bertz CT molecular complexity index is 785. The number of nitrogens with zero attached hydrogens (tertiary/aromatic N) is 3. The van der Waals surface area contributed by atoms with E-state index in [0.717, 1.165) is 11.3 Å². The van der Waals surface area contributed by atoms with Gasteiger partial charge in [-0.15, -0.1) is 0 Å². The molecule has 0 aliphatic rings. The highest BCUT2D eigenvalue weighted by Gasteiger charge is 2.07. The smallest absolute Gasteiger partial charge is 0.277 e. The van der Waals surface area contributed by atoms with Crippen molar-refractivity contribution in [3.63, 3.8) is 0 Å². The fourth-order valence-electron chi connectivity index (χ4n) is 1.99. The lowest BCUT2D eigenvalue weighted by Crippen LogP contribution is -2.24. The van der Waals surface area contributed by atoms with Crippen LogP contribution in [0.4, 0.5) is 0 Å². The lowest BCUT2D eigenvalue weighted by Gasteiger charge is -2.05. The maximum atomic E-state index is 11.7. The Morgan fingerprint density at radius 1 is 1.38 bits per heavy atom. The van der Waals surface area contributed by atoms with Crippen LogP contribution < -0.4 is 14.9 Å².